The summed E-state index contributed by atoms with van der Waals surface area (Å²) in [4.78, 5) is 22.2. The summed E-state index contributed by atoms with van der Waals surface area (Å²) < 4.78 is 25.2. The molecule has 0 saturated carbocycles. The van der Waals surface area contributed by atoms with Crippen LogP contribution in [0.15, 0.2) is 28.2 Å². The van der Waals surface area contributed by atoms with Gasteiger partial charge in [-0.25, -0.2) is 13.4 Å². The Morgan fingerprint density at radius 3 is 2.46 bits per heavy atom. The third-order valence-electron chi connectivity index (χ3n) is 3.62. The number of halogens is 2. The van der Waals surface area contributed by atoms with Crippen LogP contribution in [0.2, 0.25) is 10.0 Å². The average Bonchev–Trinajstić information content (AvgIpc) is 2.84. The Labute approximate surface area is 166 Å². The highest BCUT2D eigenvalue weighted by Gasteiger charge is 2.43. The van der Waals surface area contributed by atoms with Crippen molar-refractivity contribution in [2.24, 2.45) is 5.10 Å². The third-order valence-corrected chi connectivity index (χ3v) is 7.27. The molecule has 2 amide bonds. The summed E-state index contributed by atoms with van der Waals surface area (Å²) in [5, 5.41) is 8.45. The van der Waals surface area contributed by atoms with E-state index >= 15 is 0 Å². The van der Waals surface area contributed by atoms with Gasteiger partial charge in [-0.15, -0.1) is 5.10 Å². The van der Waals surface area contributed by atoms with Gasteiger partial charge in [0.1, 0.15) is 4.87 Å². The Morgan fingerprint density at radius 1 is 1.27 bits per heavy atom. The fraction of sp³-hybridized carbons (Fsp3) is 0.400. The molecule has 0 unspecified atom stereocenters. The minimum Gasteiger partial charge on any atom is -0.304 e. The van der Waals surface area contributed by atoms with Gasteiger partial charge in [0.15, 0.2) is 15.0 Å². The number of sulfone groups is 1. The van der Waals surface area contributed by atoms with Crippen LogP contribution in [-0.4, -0.2) is 41.0 Å². The molecule has 0 radical (unpaired) electrons. The van der Waals surface area contributed by atoms with Gasteiger partial charge in [-0.1, -0.05) is 35.0 Å². The minimum absolute atomic E-state index is 0.0517. The largest absolute Gasteiger partial charge is 0.304 e. The van der Waals surface area contributed by atoms with E-state index in [1.807, 2.05) is 0 Å². The SMILES string of the molecule is CC(=O)NC1=NN(C(C)=O)[C@](C)(CCS(=O)(=O)c2ccc(Cl)c(Cl)c2)S1. The van der Waals surface area contributed by atoms with Crippen LogP contribution in [-0.2, 0) is 19.4 Å². The van der Waals surface area contributed by atoms with Crippen molar-refractivity contribution in [2.75, 3.05) is 5.75 Å². The number of benzene rings is 1. The average molecular weight is 438 g/mol. The number of nitrogens with zero attached hydrogens (tertiary/aromatic N) is 2. The number of carbonyl (C=O) groups is 2. The van der Waals surface area contributed by atoms with Gasteiger partial charge in [0.2, 0.25) is 11.8 Å². The first kappa shape index (κ1) is 21.0. The topological polar surface area (TPSA) is 95.9 Å². The van der Waals surface area contributed by atoms with Gasteiger partial charge in [0.05, 0.1) is 20.7 Å². The maximum atomic E-state index is 12.6. The number of thioether (sulfide) groups is 1. The summed E-state index contributed by atoms with van der Waals surface area (Å²) in [7, 11) is -3.65. The van der Waals surface area contributed by atoms with E-state index in [9.17, 15) is 18.0 Å². The minimum atomic E-state index is -3.65. The molecule has 2 rings (SSSR count). The zero-order chi connectivity index (χ0) is 19.7. The molecule has 0 spiro atoms. The lowest BCUT2D eigenvalue weighted by Gasteiger charge is -2.30. The molecule has 1 aliphatic rings. The van der Waals surface area contributed by atoms with E-state index in [4.69, 9.17) is 23.2 Å². The molecule has 11 heteroatoms. The highest BCUT2D eigenvalue weighted by atomic mass is 35.5. The second-order valence-corrected chi connectivity index (χ2v) is 10.2. The molecule has 0 aliphatic carbocycles. The Balaban J connectivity index is 2.19. The highest BCUT2D eigenvalue weighted by molar-refractivity contribution is 8.15. The van der Waals surface area contributed by atoms with Crippen molar-refractivity contribution >= 4 is 61.8 Å². The fourth-order valence-corrected chi connectivity index (χ4v) is 5.50. The zero-order valence-electron chi connectivity index (χ0n) is 14.2. The molecule has 1 aliphatic heterocycles. The fourth-order valence-electron chi connectivity index (χ4n) is 2.34. The van der Waals surface area contributed by atoms with E-state index in [-0.39, 0.29) is 44.1 Å². The van der Waals surface area contributed by atoms with Gasteiger partial charge in [-0.2, -0.15) is 0 Å². The smallest absolute Gasteiger partial charge is 0.240 e. The first-order chi connectivity index (χ1) is 11.9. The lowest BCUT2D eigenvalue weighted by Crippen LogP contribution is -2.41. The van der Waals surface area contributed by atoms with Crippen molar-refractivity contribution in [1.29, 1.82) is 0 Å². The summed E-state index contributed by atoms with van der Waals surface area (Å²) in [5.74, 6) is -0.916. The number of carbonyl (C=O) groups excluding carboxylic acids is 2. The van der Waals surface area contributed by atoms with Crippen LogP contribution in [0, 0.1) is 0 Å². The summed E-state index contributed by atoms with van der Waals surface area (Å²) >= 11 is 12.8. The van der Waals surface area contributed by atoms with Gasteiger partial charge in [0, 0.05) is 13.8 Å². The Hall–Kier alpha value is -1.29. The predicted octanol–water partition coefficient (Wildman–Crippen LogP) is 2.88. The summed E-state index contributed by atoms with van der Waals surface area (Å²) in [6.45, 7) is 4.35. The first-order valence-electron chi connectivity index (χ1n) is 7.48. The molecule has 0 fully saturated rings. The Kier molecular flexibility index (Phi) is 6.27. The second-order valence-electron chi connectivity index (χ2n) is 5.84. The summed E-state index contributed by atoms with van der Waals surface area (Å²) in [6.07, 6.45) is 0.104. The van der Waals surface area contributed by atoms with Crippen molar-refractivity contribution in [2.45, 2.75) is 37.0 Å². The Morgan fingerprint density at radius 2 is 1.92 bits per heavy atom. The van der Waals surface area contributed by atoms with E-state index in [2.05, 4.69) is 10.4 Å². The molecule has 1 N–H and O–H groups in total. The number of hydrogen-bond acceptors (Lipinski definition) is 6. The van der Waals surface area contributed by atoms with E-state index in [0.29, 0.717) is 0 Å². The molecule has 1 atom stereocenters. The third kappa shape index (κ3) is 4.70. The van der Waals surface area contributed by atoms with E-state index < -0.39 is 14.7 Å². The standard InChI is InChI=1S/C15H17Cl2N3O4S2/c1-9(21)18-14-19-20(10(2)22)15(3,25-14)6-7-26(23,24)11-4-5-12(16)13(17)8-11/h4-5,8H,6-7H2,1-3H3,(H,18,19,21)/t15-/m0/s1. The quantitative estimate of drug-likeness (QED) is 0.780. The zero-order valence-corrected chi connectivity index (χ0v) is 17.4. The van der Waals surface area contributed by atoms with Crippen LogP contribution < -0.4 is 5.32 Å². The highest BCUT2D eigenvalue weighted by Crippen LogP contribution is 2.40. The first-order valence-corrected chi connectivity index (χ1v) is 10.7. The van der Waals surface area contributed by atoms with Gasteiger partial charge in [-0.3, -0.25) is 9.59 Å². The summed E-state index contributed by atoms with van der Waals surface area (Å²) in [6, 6.07) is 4.10. The molecular formula is C15H17Cl2N3O4S2. The molecule has 1 aromatic rings. The molecule has 1 heterocycles. The Bertz CT molecular complexity index is 889. The van der Waals surface area contributed by atoms with Gasteiger partial charge in [0.25, 0.3) is 0 Å². The van der Waals surface area contributed by atoms with Crippen molar-refractivity contribution in [3.05, 3.63) is 28.2 Å². The van der Waals surface area contributed by atoms with Gasteiger partial charge in [-0.05, 0) is 31.5 Å². The van der Waals surface area contributed by atoms with Crippen LogP contribution in [0.1, 0.15) is 27.2 Å². The van der Waals surface area contributed by atoms with E-state index in [0.717, 1.165) is 11.8 Å². The van der Waals surface area contributed by atoms with Crippen molar-refractivity contribution in [3.63, 3.8) is 0 Å². The van der Waals surface area contributed by atoms with Crippen LogP contribution in [0.25, 0.3) is 0 Å². The van der Waals surface area contributed by atoms with Crippen molar-refractivity contribution < 1.29 is 18.0 Å². The summed E-state index contributed by atoms with van der Waals surface area (Å²) in [5.41, 5.74) is 0. The van der Waals surface area contributed by atoms with E-state index in [1.54, 1.807) is 6.92 Å². The number of hydrazone groups is 1. The number of hydrogen-bond donors (Lipinski definition) is 1. The van der Waals surface area contributed by atoms with Gasteiger partial charge >= 0.3 is 0 Å². The maximum absolute atomic E-state index is 12.6. The van der Waals surface area contributed by atoms with Gasteiger partial charge < -0.3 is 5.32 Å². The lowest BCUT2D eigenvalue weighted by atomic mass is 10.2. The van der Waals surface area contributed by atoms with Crippen molar-refractivity contribution in [1.82, 2.24) is 10.3 Å². The van der Waals surface area contributed by atoms with Crippen molar-refractivity contribution in [3.8, 4) is 0 Å². The monoisotopic (exact) mass is 437 g/mol. The molecule has 26 heavy (non-hydrogen) atoms. The number of amides is 2. The maximum Gasteiger partial charge on any atom is 0.240 e. The molecule has 0 saturated heterocycles. The second kappa shape index (κ2) is 7.75. The van der Waals surface area contributed by atoms with Crippen LogP contribution in [0.3, 0.4) is 0 Å². The number of rotatable bonds is 4. The molecule has 0 bridgehead atoms. The van der Waals surface area contributed by atoms with Crippen LogP contribution in [0.4, 0.5) is 0 Å². The molecular weight excluding hydrogens is 421 g/mol. The predicted molar refractivity (Wildman–Crippen MR) is 103 cm³/mol. The molecule has 1 aromatic carbocycles. The molecule has 7 nitrogen and oxygen atoms in total. The van der Waals surface area contributed by atoms with Crippen LogP contribution >= 0.6 is 35.0 Å². The number of amidine groups is 1. The van der Waals surface area contributed by atoms with Crippen LogP contribution in [0.5, 0.6) is 0 Å². The lowest BCUT2D eigenvalue weighted by molar-refractivity contribution is -0.131. The molecule has 142 valence electrons. The molecule has 0 aromatic heterocycles. The number of nitrogens with one attached hydrogen (secondary N) is 1. The van der Waals surface area contributed by atoms with E-state index in [1.165, 1.54) is 37.1 Å². The normalized spacial score (nSPS) is 20.0.